The van der Waals surface area contributed by atoms with Crippen LogP contribution in [-0.2, 0) is 9.53 Å². The molecule has 2 aliphatic rings. The van der Waals surface area contributed by atoms with Crippen molar-refractivity contribution in [1.82, 2.24) is 10.6 Å². The van der Waals surface area contributed by atoms with Crippen molar-refractivity contribution in [3.63, 3.8) is 0 Å². The molecule has 1 saturated heterocycles. The minimum absolute atomic E-state index is 0.0279. The van der Waals surface area contributed by atoms with Crippen molar-refractivity contribution in [2.24, 2.45) is 0 Å². The molecule has 0 atom stereocenters. The van der Waals surface area contributed by atoms with Crippen LogP contribution in [0, 0.1) is 0 Å². The Morgan fingerprint density at radius 1 is 1.57 bits per heavy atom. The lowest BCUT2D eigenvalue weighted by atomic mass is 10.0. The van der Waals surface area contributed by atoms with Crippen LogP contribution < -0.4 is 10.6 Å². The molecule has 2 fully saturated rings. The number of amides is 1. The molecule has 2 N–H and O–H groups in total. The van der Waals surface area contributed by atoms with Crippen molar-refractivity contribution >= 4 is 5.91 Å². The molecule has 4 heteroatoms. The maximum absolute atomic E-state index is 11.3. The van der Waals surface area contributed by atoms with Gasteiger partial charge in [0.1, 0.15) is 0 Å². The van der Waals surface area contributed by atoms with E-state index in [0.29, 0.717) is 19.1 Å². The highest BCUT2D eigenvalue weighted by molar-refractivity contribution is 5.76. The first-order chi connectivity index (χ1) is 6.68. The van der Waals surface area contributed by atoms with Crippen LogP contribution in [0.4, 0.5) is 0 Å². The third-order valence-corrected chi connectivity index (χ3v) is 2.72. The van der Waals surface area contributed by atoms with Crippen LogP contribution >= 0.6 is 0 Å². The molecule has 1 saturated carbocycles. The van der Waals surface area contributed by atoms with E-state index < -0.39 is 0 Å². The number of nitrogens with one attached hydrogen (secondary N) is 2. The second-order valence-electron chi connectivity index (χ2n) is 4.49. The summed E-state index contributed by atoms with van der Waals surface area (Å²) in [6.45, 7) is 4.41. The van der Waals surface area contributed by atoms with Crippen LogP contribution in [0.5, 0.6) is 0 Å². The fourth-order valence-corrected chi connectivity index (χ4v) is 1.50. The average Bonchev–Trinajstić information content (AvgIpc) is 2.85. The Bertz CT molecular complexity index is 222. The van der Waals surface area contributed by atoms with Gasteiger partial charge in [0, 0.05) is 25.6 Å². The number of carbonyl (C=O) groups excluding carboxylic acids is 1. The monoisotopic (exact) mass is 198 g/mol. The van der Waals surface area contributed by atoms with Gasteiger partial charge in [0.25, 0.3) is 0 Å². The number of rotatable bonds is 5. The summed E-state index contributed by atoms with van der Waals surface area (Å²) in [4.78, 5) is 11.3. The number of carbonyl (C=O) groups is 1. The molecule has 1 aliphatic carbocycles. The van der Waals surface area contributed by atoms with E-state index in [4.69, 9.17) is 4.74 Å². The second kappa shape index (κ2) is 3.87. The van der Waals surface area contributed by atoms with Gasteiger partial charge in [-0.2, -0.15) is 0 Å². The van der Waals surface area contributed by atoms with Gasteiger partial charge in [0.05, 0.1) is 12.2 Å². The minimum atomic E-state index is -0.0279. The van der Waals surface area contributed by atoms with Crippen LogP contribution in [-0.4, -0.2) is 37.2 Å². The van der Waals surface area contributed by atoms with Gasteiger partial charge in [0.2, 0.25) is 5.91 Å². The molecule has 0 spiro atoms. The summed E-state index contributed by atoms with van der Waals surface area (Å²) < 4.78 is 5.61. The molecule has 0 aromatic rings. The lowest BCUT2D eigenvalue weighted by molar-refractivity contribution is -0.125. The summed E-state index contributed by atoms with van der Waals surface area (Å²) in [6, 6.07) is 0.462. The standard InChI is InChI=1S/C10H18N2O2/c1-10(6-11-7-10)14-5-4-9(13)12-8-2-3-8/h8,11H,2-7H2,1H3,(H,12,13). The minimum Gasteiger partial charge on any atom is -0.372 e. The van der Waals surface area contributed by atoms with Gasteiger partial charge >= 0.3 is 0 Å². The van der Waals surface area contributed by atoms with Gasteiger partial charge in [-0.1, -0.05) is 0 Å². The third kappa shape index (κ3) is 2.69. The van der Waals surface area contributed by atoms with E-state index in [1.165, 1.54) is 0 Å². The van der Waals surface area contributed by atoms with Gasteiger partial charge in [-0.3, -0.25) is 4.79 Å². The molecule has 4 nitrogen and oxygen atoms in total. The molecular formula is C10H18N2O2. The summed E-state index contributed by atoms with van der Waals surface area (Å²) in [5, 5.41) is 6.10. The quantitative estimate of drug-likeness (QED) is 0.655. The molecule has 2 rings (SSSR count). The van der Waals surface area contributed by atoms with Crippen molar-refractivity contribution in [1.29, 1.82) is 0 Å². The Balaban J connectivity index is 1.55. The van der Waals surface area contributed by atoms with Crippen molar-refractivity contribution in [2.45, 2.75) is 37.8 Å². The smallest absolute Gasteiger partial charge is 0.222 e. The molecule has 0 aromatic heterocycles. The van der Waals surface area contributed by atoms with E-state index in [2.05, 4.69) is 17.6 Å². The zero-order valence-electron chi connectivity index (χ0n) is 8.64. The first-order valence-electron chi connectivity index (χ1n) is 5.32. The number of hydrogen-bond donors (Lipinski definition) is 2. The van der Waals surface area contributed by atoms with Crippen LogP contribution in [0.15, 0.2) is 0 Å². The zero-order chi connectivity index (χ0) is 10.0. The zero-order valence-corrected chi connectivity index (χ0v) is 8.64. The SMILES string of the molecule is CC1(OCCC(=O)NC2CC2)CNC1. The fourth-order valence-electron chi connectivity index (χ4n) is 1.50. The van der Waals surface area contributed by atoms with E-state index in [1.807, 2.05) is 0 Å². The predicted octanol–water partition coefficient (Wildman–Crippen LogP) is 0.0336. The Morgan fingerprint density at radius 3 is 2.79 bits per heavy atom. The van der Waals surface area contributed by atoms with Crippen molar-refractivity contribution in [3.8, 4) is 0 Å². The molecule has 1 amide bonds. The van der Waals surface area contributed by atoms with Crippen molar-refractivity contribution in [2.75, 3.05) is 19.7 Å². The maximum Gasteiger partial charge on any atom is 0.222 e. The summed E-state index contributed by atoms with van der Waals surface area (Å²) in [5.74, 6) is 0.128. The second-order valence-corrected chi connectivity index (χ2v) is 4.49. The van der Waals surface area contributed by atoms with Gasteiger partial charge < -0.3 is 15.4 Å². The van der Waals surface area contributed by atoms with E-state index in [9.17, 15) is 4.79 Å². The van der Waals surface area contributed by atoms with Crippen LogP contribution in [0.1, 0.15) is 26.2 Å². The first-order valence-corrected chi connectivity index (χ1v) is 5.32. The lowest BCUT2D eigenvalue weighted by Crippen LogP contribution is -2.59. The van der Waals surface area contributed by atoms with Gasteiger partial charge in [-0.25, -0.2) is 0 Å². The Morgan fingerprint density at radius 2 is 2.29 bits per heavy atom. The molecule has 1 heterocycles. The van der Waals surface area contributed by atoms with E-state index in [-0.39, 0.29) is 11.5 Å². The molecule has 80 valence electrons. The molecule has 1 aliphatic heterocycles. The van der Waals surface area contributed by atoms with Crippen LogP contribution in [0.3, 0.4) is 0 Å². The predicted molar refractivity (Wildman–Crippen MR) is 53.0 cm³/mol. The maximum atomic E-state index is 11.3. The largest absolute Gasteiger partial charge is 0.372 e. The highest BCUT2D eigenvalue weighted by Crippen LogP contribution is 2.19. The van der Waals surface area contributed by atoms with Crippen LogP contribution in [0.2, 0.25) is 0 Å². The van der Waals surface area contributed by atoms with E-state index in [1.54, 1.807) is 0 Å². The summed E-state index contributed by atoms with van der Waals surface area (Å²) in [7, 11) is 0. The van der Waals surface area contributed by atoms with Crippen molar-refractivity contribution < 1.29 is 9.53 Å². The van der Waals surface area contributed by atoms with Gasteiger partial charge in [-0.05, 0) is 19.8 Å². The first kappa shape index (κ1) is 9.93. The lowest BCUT2D eigenvalue weighted by Gasteiger charge is -2.39. The Labute approximate surface area is 84.4 Å². The Hall–Kier alpha value is -0.610. The highest BCUT2D eigenvalue weighted by Gasteiger charge is 2.32. The normalized spacial score (nSPS) is 24.1. The van der Waals surface area contributed by atoms with Crippen molar-refractivity contribution in [3.05, 3.63) is 0 Å². The molecule has 14 heavy (non-hydrogen) atoms. The molecule has 0 radical (unpaired) electrons. The molecule has 0 bridgehead atoms. The summed E-state index contributed by atoms with van der Waals surface area (Å²) in [6.07, 6.45) is 2.79. The van der Waals surface area contributed by atoms with E-state index in [0.717, 1.165) is 25.9 Å². The highest BCUT2D eigenvalue weighted by atomic mass is 16.5. The average molecular weight is 198 g/mol. The molecular weight excluding hydrogens is 180 g/mol. The number of hydrogen-bond acceptors (Lipinski definition) is 3. The fraction of sp³-hybridized carbons (Fsp3) is 0.900. The van der Waals surface area contributed by atoms with E-state index >= 15 is 0 Å². The summed E-state index contributed by atoms with van der Waals surface area (Å²) >= 11 is 0. The number of ether oxygens (including phenoxy) is 1. The Kier molecular flexibility index (Phi) is 2.74. The topological polar surface area (TPSA) is 50.4 Å². The van der Waals surface area contributed by atoms with Crippen LogP contribution in [0.25, 0.3) is 0 Å². The van der Waals surface area contributed by atoms with Gasteiger partial charge in [-0.15, -0.1) is 0 Å². The summed E-state index contributed by atoms with van der Waals surface area (Å²) in [5.41, 5.74) is -0.0279. The molecule has 0 unspecified atom stereocenters. The van der Waals surface area contributed by atoms with Gasteiger partial charge in [0.15, 0.2) is 0 Å². The molecule has 0 aromatic carbocycles. The third-order valence-electron chi connectivity index (χ3n) is 2.72.